The molecule has 0 aliphatic carbocycles. The minimum Gasteiger partial charge on any atom is -0.378 e. The predicted octanol–water partition coefficient (Wildman–Crippen LogP) is 6.91. The number of rotatable bonds is 10. The van der Waals surface area contributed by atoms with Crippen molar-refractivity contribution in [1.29, 1.82) is 0 Å². The monoisotopic (exact) mass is 618 g/mol. The smallest absolute Gasteiger partial charge is 0.378 e. The summed E-state index contributed by atoms with van der Waals surface area (Å²) < 4.78 is 38.8. The fraction of sp³-hybridized carbons (Fsp3) is 0.121. The zero-order valence-electron chi connectivity index (χ0n) is 23.8. The Morgan fingerprint density at radius 2 is 1.48 bits per heavy atom. The van der Waals surface area contributed by atoms with Crippen molar-refractivity contribution < 1.29 is 27.6 Å². The first-order chi connectivity index (χ1) is 21.0. The van der Waals surface area contributed by atoms with E-state index >= 15 is 0 Å². The summed E-state index contributed by atoms with van der Waals surface area (Å²) in [6.45, 7) is 0. The standard InChI is InChI=1S/C33H29F3N4O3S/c1-40(2)27-15-11-22(12-16-27)19-29(39-31(42)23-7-4-3-5-8-23)32(43)38-25-13-17-28(18-14-25)44-21-30(41)37-26-10-6-9-24(20-26)33(34,35)36/h3-20H,21H2,1-2H3,(H,37,41)(H,38,43)(H,39,42)/b29-19-. The van der Waals surface area contributed by atoms with Crippen LogP contribution >= 0.6 is 11.8 Å². The van der Waals surface area contributed by atoms with Crippen LogP contribution in [0.15, 0.2) is 114 Å². The lowest BCUT2D eigenvalue weighted by atomic mass is 10.1. The maximum Gasteiger partial charge on any atom is 0.416 e. The summed E-state index contributed by atoms with van der Waals surface area (Å²) in [5, 5.41) is 7.95. The van der Waals surface area contributed by atoms with Gasteiger partial charge in [0.2, 0.25) is 5.91 Å². The molecule has 0 saturated carbocycles. The van der Waals surface area contributed by atoms with Gasteiger partial charge in [0.1, 0.15) is 5.70 Å². The van der Waals surface area contributed by atoms with Crippen LogP contribution in [0.2, 0.25) is 0 Å². The van der Waals surface area contributed by atoms with E-state index in [1.807, 2.05) is 43.3 Å². The van der Waals surface area contributed by atoms with E-state index in [9.17, 15) is 27.6 Å². The van der Waals surface area contributed by atoms with E-state index in [2.05, 4.69) is 16.0 Å². The van der Waals surface area contributed by atoms with E-state index in [1.165, 1.54) is 23.9 Å². The van der Waals surface area contributed by atoms with Gasteiger partial charge in [0.05, 0.1) is 11.3 Å². The van der Waals surface area contributed by atoms with Crippen LogP contribution in [0.5, 0.6) is 0 Å². The highest BCUT2D eigenvalue weighted by Crippen LogP contribution is 2.31. The van der Waals surface area contributed by atoms with Gasteiger partial charge < -0.3 is 20.9 Å². The topological polar surface area (TPSA) is 90.5 Å². The Balaban J connectivity index is 1.40. The Morgan fingerprint density at radius 1 is 0.795 bits per heavy atom. The summed E-state index contributed by atoms with van der Waals surface area (Å²) in [6, 6.07) is 27.1. The third-order valence-electron chi connectivity index (χ3n) is 6.21. The van der Waals surface area contributed by atoms with E-state index < -0.39 is 29.5 Å². The second-order valence-electron chi connectivity index (χ2n) is 9.76. The normalized spacial score (nSPS) is 11.4. The Bertz CT molecular complexity index is 1640. The Labute approximate surface area is 257 Å². The van der Waals surface area contributed by atoms with Gasteiger partial charge in [-0.05, 0) is 78.4 Å². The molecule has 0 saturated heterocycles. The number of halogens is 3. The highest BCUT2D eigenvalue weighted by atomic mass is 32.2. The van der Waals surface area contributed by atoms with Crippen LogP contribution in [-0.2, 0) is 15.8 Å². The molecule has 44 heavy (non-hydrogen) atoms. The summed E-state index contributed by atoms with van der Waals surface area (Å²) in [7, 11) is 3.84. The van der Waals surface area contributed by atoms with Crippen LogP contribution in [-0.4, -0.2) is 37.6 Å². The number of thioether (sulfide) groups is 1. The van der Waals surface area contributed by atoms with Gasteiger partial charge in [-0.15, -0.1) is 11.8 Å². The number of nitrogens with zero attached hydrogens (tertiary/aromatic N) is 1. The van der Waals surface area contributed by atoms with Crippen LogP contribution in [0.4, 0.5) is 30.2 Å². The lowest BCUT2D eigenvalue weighted by molar-refractivity contribution is -0.137. The zero-order valence-corrected chi connectivity index (χ0v) is 24.6. The molecule has 0 unspecified atom stereocenters. The lowest BCUT2D eigenvalue weighted by Crippen LogP contribution is -2.30. The fourth-order valence-electron chi connectivity index (χ4n) is 3.93. The second kappa shape index (κ2) is 14.4. The van der Waals surface area contributed by atoms with Crippen molar-refractivity contribution in [2.75, 3.05) is 35.4 Å². The molecule has 0 heterocycles. The van der Waals surface area contributed by atoms with Gasteiger partial charge in [-0.2, -0.15) is 13.2 Å². The molecule has 4 aromatic carbocycles. The molecule has 0 atom stereocenters. The summed E-state index contributed by atoms with van der Waals surface area (Å²) in [6.07, 6.45) is -2.92. The molecule has 4 aromatic rings. The predicted molar refractivity (Wildman–Crippen MR) is 169 cm³/mol. The minimum atomic E-state index is -4.51. The Kier molecular flexibility index (Phi) is 10.5. The number of alkyl halides is 3. The third kappa shape index (κ3) is 9.23. The molecule has 0 aromatic heterocycles. The summed E-state index contributed by atoms with van der Waals surface area (Å²) in [5.41, 5.74) is 1.79. The minimum absolute atomic E-state index is 0.0348. The number of hydrogen-bond donors (Lipinski definition) is 3. The van der Waals surface area contributed by atoms with Gasteiger partial charge in [0.15, 0.2) is 0 Å². The Hall–Kier alpha value is -5.03. The van der Waals surface area contributed by atoms with Crippen molar-refractivity contribution in [2.45, 2.75) is 11.1 Å². The largest absolute Gasteiger partial charge is 0.416 e. The van der Waals surface area contributed by atoms with Crippen molar-refractivity contribution in [3.8, 4) is 0 Å². The third-order valence-corrected chi connectivity index (χ3v) is 7.22. The average molecular weight is 619 g/mol. The number of benzene rings is 4. The first-order valence-electron chi connectivity index (χ1n) is 13.3. The van der Waals surface area contributed by atoms with Crippen LogP contribution in [0.3, 0.4) is 0 Å². The van der Waals surface area contributed by atoms with Crippen LogP contribution < -0.4 is 20.9 Å². The number of hydrogen-bond acceptors (Lipinski definition) is 5. The molecule has 3 N–H and O–H groups in total. The van der Waals surface area contributed by atoms with Gasteiger partial charge in [0, 0.05) is 41.6 Å². The summed E-state index contributed by atoms with van der Waals surface area (Å²) in [4.78, 5) is 41.1. The molecule has 0 aliphatic heterocycles. The van der Waals surface area contributed by atoms with E-state index in [0.29, 0.717) is 21.7 Å². The van der Waals surface area contributed by atoms with Crippen molar-refractivity contribution in [3.63, 3.8) is 0 Å². The second-order valence-corrected chi connectivity index (χ2v) is 10.8. The van der Waals surface area contributed by atoms with Gasteiger partial charge >= 0.3 is 6.18 Å². The molecule has 0 spiro atoms. The van der Waals surface area contributed by atoms with Crippen molar-refractivity contribution in [1.82, 2.24) is 5.32 Å². The van der Waals surface area contributed by atoms with E-state index in [0.717, 1.165) is 17.8 Å². The van der Waals surface area contributed by atoms with Crippen LogP contribution in [0, 0.1) is 0 Å². The summed E-state index contributed by atoms with van der Waals surface area (Å²) >= 11 is 1.18. The number of carbonyl (C=O) groups is 3. The van der Waals surface area contributed by atoms with Gasteiger partial charge in [-0.3, -0.25) is 14.4 Å². The molecule has 11 heteroatoms. The highest BCUT2D eigenvalue weighted by Gasteiger charge is 2.30. The molecular formula is C33H29F3N4O3S. The van der Waals surface area contributed by atoms with E-state index in [4.69, 9.17) is 0 Å². The van der Waals surface area contributed by atoms with Crippen molar-refractivity contribution in [2.24, 2.45) is 0 Å². The molecule has 7 nitrogen and oxygen atoms in total. The van der Waals surface area contributed by atoms with Crippen LogP contribution in [0.25, 0.3) is 6.08 Å². The first-order valence-corrected chi connectivity index (χ1v) is 14.3. The molecular weight excluding hydrogens is 589 g/mol. The maximum absolute atomic E-state index is 13.3. The summed E-state index contributed by atoms with van der Waals surface area (Å²) in [5.74, 6) is -1.47. The number of anilines is 3. The zero-order chi connectivity index (χ0) is 31.7. The number of nitrogens with one attached hydrogen (secondary N) is 3. The fourth-order valence-corrected chi connectivity index (χ4v) is 4.63. The quantitative estimate of drug-likeness (QED) is 0.133. The van der Waals surface area contributed by atoms with E-state index in [1.54, 1.807) is 60.7 Å². The molecule has 3 amide bonds. The van der Waals surface area contributed by atoms with Crippen molar-refractivity contribution >= 4 is 52.6 Å². The molecule has 226 valence electrons. The van der Waals surface area contributed by atoms with Gasteiger partial charge in [0.25, 0.3) is 11.8 Å². The van der Waals surface area contributed by atoms with Crippen molar-refractivity contribution in [3.05, 3.63) is 126 Å². The molecule has 0 bridgehead atoms. The van der Waals surface area contributed by atoms with Gasteiger partial charge in [-0.25, -0.2) is 0 Å². The molecule has 4 rings (SSSR count). The molecule has 0 aliphatic rings. The number of carbonyl (C=O) groups excluding carboxylic acids is 3. The average Bonchev–Trinajstić information content (AvgIpc) is 3.00. The van der Waals surface area contributed by atoms with Gasteiger partial charge in [-0.1, -0.05) is 36.4 Å². The maximum atomic E-state index is 13.3. The molecule has 0 fully saturated rings. The first kappa shape index (κ1) is 31.9. The SMILES string of the molecule is CN(C)c1ccc(/C=C(\NC(=O)c2ccccc2)C(=O)Nc2ccc(SCC(=O)Nc3cccc(C(F)(F)F)c3)cc2)cc1. The highest BCUT2D eigenvalue weighted by molar-refractivity contribution is 8.00. The Morgan fingerprint density at radius 3 is 2.11 bits per heavy atom. The lowest BCUT2D eigenvalue weighted by Gasteiger charge is -2.13. The van der Waals surface area contributed by atoms with E-state index in [-0.39, 0.29) is 17.1 Å². The molecule has 0 radical (unpaired) electrons. The van der Waals surface area contributed by atoms with Crippen LogP contribution in [0.1, 0.15) is 21.5 Å². The number of amides is 3.